The van der Waals surface area contributed by atoms with E-state index in [4.69, 9.17) is 11.6 Å². The molecule has 0 aliphatic carbocycles. The van der Waals surface area contributed by atoms with Gasteiger partial charge in [-0.2, -0.15) is 5.10 Å². The van der Waals surface area contributed by atoms with Gasteiger partial charge in [-0.3, -0.25) is 4.79 Å². The van der Waals surface area contributed by atoms with Gasteiger partial charge in [-0.1, -0.05) is 18.5 Å². The van der Waals surface area contributed by atoms with E-state index in [1.165, 1.54) is 23.0 Å². The number of nitrogens with zero attached hydrogens (tertiary/aromatic N) is 3. The molecule has 0 bridgehead atoms. The fraction of sp³-hybridized carbons (Fsp3) is 0.524. The second-order valence-electron chi connectivity index (χ2n) is 9.03. The maximum Gasteiger partial charge on any atom is 0.221 e. The number of halogens is 1. The minimum absolute atomic E-state index is 0.0249. The highest BCUT2D eigenvalue weighted by Crippen LogP contribution is 2.39. The van der Waals surface area contributed by atoms with E-state index in [-0.39, 0.29) is 26.9 Å². The van der Waals surface area contributed by atoms with E-state index in [0.717, 1.165) is 19.1 Å². The van der Waals surface area contributed by atoms with Gasteiger partial charge in [-0.15, -0.1) is 0 Å². The second-order valence-corrected chi connectivity index (χ2v) is 11.4. The summed E-state index contributed by atoms with van der Waals surface area (Å²) in [6.45, 7) is 9.01. The van der Waals surface area contributed by atoms with Crippen LogP contribution in [0.1, 0.15) is 56.5 Å². The third kappa shape index (κ3) is 4.21. The number of carbonyl (C=O) groups is 1. The van der Waals surface area contributed by atoms with Crippen LogP contribution in [0.25, 0.3) is 0 Å². The Labute approximate surface area is 182 Å². The number of sulfone groups is 1. The molecule has 1 atom stereocenters. The van der Waals surface area contributed by atoms with Crippen LogP contribution in [-0.2, 0) is 15.4 Å². The molecule has 7 nitrogen and oxygen atoms in total. The molecule has 0 spiro atoms. The highest BCUT2D eigenvalue weighted by molar-refractivity contribution is 7.90. The van der Waals surface area contributed by atoms with Crippen LogP contribution >= 0.6 is 11.6 Å². The zero-order chi connectivity index (χ0) is 22.4. The molecule has 1 unspecified atom stereocenters. The fourth-order valence-electron chi connectivity index (χ4n) is 3.85. The third-order valence-corrected chi connectivity index (χ3v) is 6.83. The van der Waals surface area contributed by atoms with E-state index in [2.05, 4.69) is 12.0 Å². The monoisotopic (exact) mass is 453 g/mol. The van der Waals surface area contributed by atoms with Crippen molar-refractivity contribution in [3.8, 4) is 5.88 Å². The van der Waals surface area contributed by atoms with Crippen LogP contribution in [-0.4, -0.2) is 48.4 Å². The lowest BCUT2D eigenvalue weighted by Crippen LogP contribution is -2.35. The molecule has 1 fully saturated rings. The summed E-state index contributed by atoms with van der Waals surface area (Å²) < 4.78 is 26.2. The average Bonchev–Trinajstić information content (AvgIpc) is 3.01. The van der Waals surface area contributed by atoms with E-state index in [1.54, 1.807) is 0 Å². The Balaban J connectivity index is 2.14. The first-order valence-electron chi connectivity index (χ1n) is 9.92. The van der Waals surface area contributed by atoms with Gasteiger partial charge >= 0.3 is 0 Å². The van der Waals surface area contributed by atoms with Gasteiger partial charge in [0.1, 0.15) is 5.56 Å². The molecule has 164 valence electrons. The highest BCUT2D eigenvalue weighted by atomic mass is 35.5. The molecule has 1 N–H and O–H groups in total. The van der Waals surface area contributed by atoms with Gasteiger partial charge in [0.2, 0.25) is 11.7 Å². The van der Waals surface area contributed by atoms with E-state index in [1.807, 2.05) is 25.7 Å². The fourth-order valence-corrected chi connectivity index (χ4v) is 5.17. The topological polar surface area (TPSA) is 92.5 Å². The molecular formula is C21H28ClN3O4S. The number of aromatic nitrogens is 2. The van der Waals surface area contributed by atoms with Crippen LogP contribution < -0.4 is 4.90 Å². The first-order chi connectivity index (χ1) is 13.8. The largest absolute Gasteiger partial charge is 0.493 e. The molecule has 2 aromatic rings. The number of rotatable bonds is 4. The first kappa shape index (κ1) is 22.6. The molecule has 0 radical (unpaired) electrons. The number of ketones is 1. The maximum atomic E-state index is 13.2. The van der Waals surface area contributed by atoms with Crippen molar-refractivity contribution in [3.05, 3.63) is 34.5 Å². The maximum absolute atomic E-state index is 13.2. The number of anilines is 1. The number of hydrogen-bond donors (Lipinski definition) is 1. The summed E-state index contributed by atoms with van der Waals surface area (Å²) in [4.78, 5) is 15.3. The van der Waals surface area contributed by atoms with E-state index in [0.29, 0.717) is 24.7 Å². The number of hydrogen-bond acceptors (Lipinski definition) is 6. The van der Waals surface area contributed by atoms with Crippen molar-refractivity contribution in [3.63, 3.8) is 0 Å². The summed E-state index contributed by atoms with van der Waals surface area (Å²) in [5.74, 6) is -0.362. The first-order valence-corrected chi connectivity index (χ1v) is 12.2. The normalized spacial score (nSPS) is 17.9. The molecule has 1 aliphatic rings. The Morgan fingerprint density at radius 1 is 1.27 bits per heavy atom. The summed E-state index contributed by atoms with van der Waals surface area (Å²) in [7, 11) is -3.56. The minimum Gasteiger partial charge on any atom is -0.493 e. The van der Waals surface area contributed by atoms with Crippen LogP contribution in [0.5, 0.6) is 5.88 Å². The van der Waals surface area contributed by atoms with E-state index in [9.17, 15) is 18.3 Å². The number of aromatic hydroxyl groups is 1. The second kappa shape index (κ2) is 7.89. The molecular weight excluding hydrogens is 426 g/mol. The molecule has 9 heteroatoms. The lowest BCUT2D eigenvalue weighted by Gasteiger charge is -2.34. The molecule has 30 heavy (non-hydrogen) atoms. The van der Waals surface area contributed by atoms with E-state index >= 15 is 0 Å². The molecule has 1 aromatic carbocycles. The van der Waals surface area contributed by atoms with Crippen molar-refractivity contribution < 1.29 is 18.3 Å². The number of carbonyl (C=O) groups excluding carboxylic acids is 1. The predicted octanol–water partition coefficient (Wildman–Crippen LogP) is 3.87. The zero-order valence-electron chi connectivity index (χ0n) is 17.9. The molecule has 1 aromatic heterocycles. The summed E-state index contributed by atoms with van der Waals surface area (Å²) in [6.07, 6.45) is 4.42. The molecule has 0 saturated carbocycles. The molecule has 0 amide bonds. The molecule has 1 aliphatic heterocycles. The van der Waals surface area contributed by atoms with Crippen LogP contribution in [0.4, 0.5) is 5.69 Å². The Hall–Kier alpha value is -2.06. The van der Waals surface area contributed by atoms with Gasteiger partial charge in [0.05, 0.1) is 27.3 Å². The smallest absolute Gasteiger partial charge is 0.221 e. The molecule has 3 rings (SSSR count). The van der Waals surface area contributed by atoms with Crippen molar-refractivity contribution in [2.75, 3.05) is 24.2 Å². The average molecular weight is 454 g/mol. The van der Waals surface area contributed by atoms with E-state index < -0.39 is 21.2 Å². The SMILES string of the molecule is CC1CCCN(c2c(S(C)(=O)=O)ccc(C(=O)c3cnn(C(C)(C)C)c3O)c2Cl)C1. The van der Waals surface area contributed by atoms with Gasteiger partial charge in [0, 0.05) is 24.9 Å². The lowest BCUT2D eigenvalue weighted by atomic mass is 9.98. The van der Waals surface area contributed by atoms with Crippen molar-refractivity contribution in [1.29, 1.82) is 0 Å². The van der Waals surface area contributed by atoms with Crippen LogP contribution in [0.3, 0.4) is 0 Å². The van der Waals surface area contributed by atoms with Gasteiger partial charge in [-0.25, -0.2) is 13.1 Å². The van der Waals surface area contributed by atoms with Gasteiger partial charge < -0.3 is 10.0 Å². The Morgan fingerprint density at radius 3 is 2.47 bits per heavy atom. The predicted molar refractivity (Wildman–Crippen MR) is 117 cm³/mol. The quantitative estimate of drug-likeness (QED) is 0.706. The van der Waals surface area contributed by atoms with Crippen LogP contribution in [0.2, 0.25) is 5.02 Å². The van der Waals surface area contributed by atoms with Gasteiger partial charge in [0.25, 0.3) is 0 Å². The van der Waals surface area contributed by atoms with Crippen LogP contribution in [0, 0.1) is 5.92 Å². The summed E-state index contributed by atoms with van der Waals surface area (Å²) >= 11 is 6.66. The number of piperidine rings is 1. The Morgan fingerprint density at radius 2 is 1.93 bits per heavy atom. The van der Waals surface area contributed by atoms with Crippen molar-refractivity contribution in [2.24, 2.45) is 5.92 Å². The molecule has 2 heterocycles. The summed E-state index contributed by atoms with van der Waals surface area (Å²) in [6, 6.07) is 2.83. The van der Waals surface area contributed by atoms with Crippen LogP contribution in [0.15, 0.2) is 23.2 Å². The summed E-state index contributed by atoms with van der Waals surface area (Å²) in [5.41, 5.74) is 0.0130. The van der Waals surface area contributed by atoms with Gasteiger partial charge in [-0.05, 0) is 51.7 Å². The standard InChI is InChI=1S/C21H28ClN3O4S/c1-13-7-6-10-24(12-13)18-16(30(5,28)29)9-8-14(17(18)22)19(26)15-11-23-25(20(15)27)21(2,3)4/h8-9,11,13,27H,6-7,10,12H2,1-5H3. The Bertz CT molecular complexity index is 1090. The third-order valence-electron chi connectivity index (χ3n) is 5.32. The minimum atomic E-state index is -3.56. The highest BCUT2D eigenvalue weighted by Gasteiger charge is 2.30. The van der Waals surface area contributed by atoms with Gasteiger partial charge in [0.15, 0.2) is 9.84 Å². The summed E-state index contributed by atoms with van der Waals surface area (Å²) in [5, 5.41) is 14.8. The lowest BCUT2D eigenvalue weighted by molar-refractivity contribution is 0.103. The van der Waals surface area contributed by atoms with Crippen molar-refractivity contribution in [1.82, 2.24) is 9.78 Å². The van der Waals surface area contributed by atoms with Crippen molar-refractivity contribution >= 4 is 32.9 Å². The molecule has 1 saturated heterocycles. The zero-order valence-corrected chi connectivity index (χ0v) is 19.5. The Kier molecular flexibility index (Phi) is 5.95. The number of benzene rings is 1. The van der Waals surface area contributed by atoms with Crippen molar-refractivity contribution in [2.45, 2.75) is 51.0 Å².